The molecule has 140 valence electrons. The molecule has 3 rings (SSSR count). The lowest BCUT2D eigenvalue weighted by Gasteiger charge is -2.08. The predicted octanol–water partition coefficient (Wildman–Crippen LogP) is 3.34. The Morgan fingerprint density at radius 1 is 1.00 bits per heavy atom. The van der Waals surface area contributed by atoms with Crippen molar-refractivity contribution in [1.29, 1.82) is 0 Å². The number of carbonyl (C=O) groups excluding carboxylic acids is 1. The quantitative estimate of drug-likeness (QED) is 0.632. The number of rotatable bonds is 7. The summed E-state index contributed by atoms with van der Waals surface area (Å²) in [6.45, 7) is 0.399. The summed E-state index contributed by atoms with van der Waals surface area (Å²) in [5, 5.41) is 3.10. The fourth-order valence-corrected chi connectivity index (χ4v) is 3.67. The number of nitrogens with one attached hydrogen (secondary N) is 2. The van der Waals surface area contributed by atoms with Gasteiger partial charge in [0.05, 0.1) is 17.7 Å². The first-order valence-corrected chi connectivity index (χ1v) is 9.95. The third-order valence-electron chi connectivity index (χ3n) is 3.79. The molecular weight excluding hydrogens is 388 g/mol. The van der Waals surface area contributed by atoms with Crippen LogP contribution in [-0.4, -0.2) is 14.3 Å². The van der Waals surface area contributed by atoms with Crippen LogP contribution < -0.4 is 10.0 Å². The minimum Gasteiger partial charge on any atom is -0.467 e. The summed E-state index contributed by atoms with van der Waals surface area (Å²) in [7, 11) is -3.67. The van der Waals surface area contributed by atoms with Crippen molar-refractivity contribution in [1.82, 2.24) is 10.0 Å². The predicted molar refractivity (Wildman–Crippen MR) is 102 cm³/mol. The van der Waals surface area contributed by atoms with Crippen LogP contribution in [0, 0.1) is 0 Å². The molecule has 0 atom stereocenters. The Hall–Kier alpha value is -2.61. The number of amides is 1. The molecule has 0 fully saturated rings. The largest absolute Gasteiger partial charge is 0.467 e. The van der Waals surface area contributed by atoms with Gasteiger partial charge in [-0.1, -0.05) is 29.8 Å². The van der Waals surface area contributed by atoms with Gasteiger partial charge >= 0.3 is 0 Å². The van der Waals surface area contributed by atoms with Crippen LogP contribution >= 0.6 is 11.6 Å². The van der Waals surface area contributed by atoms with E-state index in [4.69, 9.17) is 16.0 Å². The molecule has 0 aliphatic heterocycles. The van der Waals surface area contributed by atoms with Gasteiger partial charge in [-0.15, -0.1) is 0 Å². The highest BCUT2D eigenvalue weighted by Crippen LogP contribution is 2.15. The summed E-state index contributed by atoms with van der Waals surface area (Å²) in [5.41, 5.74) is 1.20. The number of halogens is 1. The third-order valence-corrected chi connectivity index (χ3v) is 5.43. The van der Waals surface area contributed by atoms with E-state index in [1.165, 1.54) is 12.1 Å². The van der Waals surface area contributed by atoms with Crippen molar-refractivity contribution in [3.63, 3.8) is 0 Å². The average molecular weight is 405 g/mol. The van der Waals surface area contributed by atoms with Gasteiger partial charge in [-0.2, -0.15) is 0 Å². The Morgan fingerprint density at radius 2 is 1.78 bits per heavy atom. The highest BCUT2D eigenvalue weighted by molar-refractivity contribution is 7.89. The molecule has 2 N–H and O–H groups in total. The summed E-state index contributed by atoms with van der Waals surface area (Å²) in [6, 6.07) is 16.2. The number of sulfonamides is 1. The Bertz CT molecular complexity index is 1020. The van der Waals surface area contributed by atoms with Crippen molar-refractivity contribution in [3.05, 3.63) is 88.8 Å². The van der Waals surface area contributed by atoms with E-state index in [-0.39, 0.29) is 17.3 Å². The van der Waals surface area contributed by atoms with Crippen LogP contribution in [0.1, 0.15) is 21.7 Å². The van der Waals surface area contributed by atoms with Gasteiger partial charge in [-0.25, -0.2) is 13.1 Å². The first-order chi connectivity index (χ1) is 12.9. The number of carbonyl (C=O) groups is 1. The molecule has 8 heteroatoms. The van der Waals surface area contributed by atoms with Crippen LogP contribution in [0.4, 0.5) is 0 Å². The van der Waals surface area contributed by atoms with Crippen molar-refractivity contribution in [3.8, 4) is 0 Å². The molecular formula is C19H17ClN2O4S. The summed E-state index contributed by atoms with van der Waals surface area (Å²) < 4.78 is 32.2. The van der Waals surface area contributed by atoms with Gasteiger partial charge in [0.15, 0.2) is 0 Å². The maximum absolute atomic E-state index is 12.3. The number of furan rings is 1. The van der Waals surface area contributed by atoms with Gasteiger partial charge in [0.2, 0.25) is 10.0 Å². The molecule has 0 radical (unpaired) electrons. The molecule has 0 bridgehead atoms. The molecule has 27 heavy (non-hydrogen) atoms. The normalized spacial score (nSPS) is 11.3. The minimum absolute atomic E-state index is 0.100. The molecule has 0 unspecified atom stereocenters. The SMILES string of the molecule is O=C(NCc1ccco1)c1ccc(CNS(=O)(=O)c2cccc(Cl)c2)cc1. The maximum atomic E-state index is 12.3. The van der Waals surface area contributed by atoms with Gasteiger partial charge in [0.1, 0.15) is 5.76 Å². The van der Waals surface area contributed by atoms with Crippen LogP contribution in [0.15, 0.2) is 76.2 Å². The zero-order valence-corrected chi connectivity index (χ0v) is 15.8. The lowest BCUT2D eigenvalue weighted by molar-refractivity contribution is 0.0948. The highest BCUT2D eigenvalue weighted by atomic mass is 35.5. The maximum Gasteiger partial charge on any atom is 0.251 e. The molecule has 1 heterocycles. The molecule has 3 aromatic rings. The molecule has 0 aliphatic rings. The number of hydrogen-bond donors (Lipinski definition) is 2. The average Bonchev–Trinajstić information content (AvgIpc) is 3.18. The molecule has 0 saturated heterocycles. The number of benzene rings is 2. The summed E-state index contributed by atoms with van der Waals surface area (Å²) >= 11 is 5.84. The molecule has 0 saturated carbocycles. The van der Waals surface area contributed by atoms with Crippen LogP contribution in [0.5, 0.6) is 0 Å². The van der Waals surface area contributed by atoms with Gasteiger partial charge in [-0.05, 0) is 48.0 Å². The first kappa shape index (κ1) is 19.2. The van der Waals surface area contributed by atoms with E-state index in [1.807, 2.05) is 0 Å². The van der Waals surface area contributed by atoms with Crippen LogP contribution in [0.25, 0.3) is 0 Å². The standard InChI is InChI=1S/C19H17ClN2O4S/c20-16-3-1-5-18(11-16)27(24,25)22-12-14-6-8-15(9-7-14)19(23)21-13-17-4-2-10-26-17/h1-11,22H,12-13H2,(H,21,23). The Balaban J connectivity index is 1.58. The zero-order chi connectivity index (χ0) is 19.3. The van der Waals surface area contributed by atoms with E-state index >= 15 is 0 Å². The second-order valence-corrected chi connectivity index (χ2v) is 7.94. The van der Waals surface area contributed by atoms with Crippen molar-refractivity contribution in [2.75, 3.05) is 0 Å². The summed E-state index contributed by atoms with van der Waals surface area (Å²) in [6.07, 6.45) is 1.54. The van der Waals surface area contributed by atoms with E-state index in [0.717, 1.165) is 5.56 Å². The fraction of sp³-hybridized carbons (Fsp3) is 0.105. The molecule has 1 aromatic heterocycles. The zero-order valence-electron chi connectivity index (χ0n) is 14.2. The molecule has 0 aliphatic carbocycles. The van der Waals surface area contributed by atoms with Crippen molar-refractivity contribution in [2.24, 2.45) is 0 Å². The lowest BCUT2D eigenvalue weighted by atomic mass is 10.1. The smallest absolute Gasteiger partial charge is 0.251 e. The van der Waals surface area contributed by atoms with E-state index in [0.29, 0.717) is 22.9 Å². The topological polar surface area (TPSA) is 88.4 Å². The van der Waals surface area contributed by atoms with E-state index < -0.39 is 10.0 Å². The Labute approximate surface area is 162 Å². The Morgan fingerprint density at radius 3 is 2.44 bits per heavy atom. The number of hydrogen-bond acceptors (Lipinski definition) is 4. The molecule has 2 aromatic carbocycles. The first-order valence-electron chi connectivity index (χ1n) is 8.09. The van der Waals surface area contributed by atoms with Gasteiger partial charge in [0.25, 0.3) is 5.91 Å². The van der Waals surface area contributed by atoms with Crippen LogP contribution in [-0.2, 0) is 23.1 Å². The highest BCUT2D eigenvalue weighted by Gasteiger charge is 2.14. The molecule has 1 amide bonds. The second-order valence-electron chi connectivity index (χ2n) is 5.74. The van der Waals surface area contributed by atoms with Crippen molar-refractivity contribution in [2.45, 2.75) is 18.0 Å². The second kappa shape index (κ2) is 8.39. The summed E-state index contributed by atoms with van der Waals surface area (Å²) in [5.74, 6) is 0.424. The molecule has 0 spiro atoms. The Kier molecular flexibility index (Phi) is 5.95. The fourth-order valence-electron chi connectivity index (χ4n) is 2.35. The van der Waals surface area contributed by atoms with E-state index in [1.54, 1.807) is 54.8 Å². The minimum atomic E-state index is -3.67. The van der Waals surface area contributed by atoms with Gasteiger partial charge in [0, 0.05) is 17.1 Å². The van der Waals surface area contributed by atoms with Gasteiger partial charge < -0.3 is 9.73 Å². The summed E-state index contributed by atoms with van der Waals surface area (Å²) in [4.78, 5) is 12.2. The van der Waals surface area contributed by atoms with Gasteiger partial charge in [-0.3, -0.25) is 4.79 Å². The van der Waals surface area contributed by atoms with Crippen LogP contribution in [0.2, 0.25) is 5.02 Å². The monoisotopic (exact) mass is 404 g/mol. The van der Waals surface area contributed by atoms with E-state index in [2.05, 4.69) is 10.0 Å². The van der Waals surface area contributed by atoms with E-state index in [9.17, 15) is 13.2 Å². The van der Waals surface area contributed by atoms with Crippen molar-refractivity contribution >= 4 is 27.5 Å². The lowest BCUT2D eigenvalue weighted by Crippen LogP contribution is -2.24. The van der Waals surface area contributed by atoms with Crippen molar-refractivity contribution < 1.29 is 17.6 Å². The molecule has 6 nitrogen and oxygen atoms in total. The van der Waals surface area contributed by atoms with Crippen LogP contribution in [0.3, 0.4) is 0 Å². The third kappa shape index (κ3) is 5.19.